The van der Waals surface area contributed by atoms with E-state index in [0.29, 0.717) is 0 Å². The molecular weight excluding hydrogens is 326 g/mol. The quantitative estimate of drug-likeness (QED) is 0.640. The Bertz CT molecular complexity index is 892. The number of halogens is 6. The van der Waals surface area contributed by atoms with Gasteiger partial charge in [0, 0.05) is 16.8 Å². The van der Waals surface area contributed by atoms with Crippen LogP contribution in [-0.2, 0) is 6.18 Å². The molecule has 3 nitrogen and oxygen atoms in total. The van der Waals surface area contributed by atoms with Crippen LogP contribution < -0.4 is 5.56 Å². The fraction of sp³-hybridized carbons (Fsp3) is 0.143. The molecule has 0 radical (unpaired) electrons. The van der Waals surface area contributed by atoms with Gasteiger partial charge in [0.2, 0.25) is 0 Å². The van der Waals surface area contributed by atoms with Gasteiger partial charge in [-0.2, -0.15) is 18.4 Å². The number of rotatable bonds is 1. The van der Waals surface area contributed by atoms with Gasteiger partial charge in [-0.3, -0.25) is 4.79 Å². The largest absolute Gasteiger partial charge is 0.417 e. The first kappa shape index (κ1) is 16.6. The third kappa shape index (κ3) is 2.79. The van der Waals surface area contributed by atoms with E-state index >= 15 is 0 Å². The van der Waals surface area contributed by atoms with Gasteiger partial charge in [-0.05, 0) is 19.1 Å². The standard InChI is InChI=1S/C14H6F6N2O/c1-5-2-6(7(4-21)13(23)22-5)10-8(14(18,19)20)3-9(15)11(16)12(10)17/h2-3H,1H3,(H,22,23). The molecular formula is C14H6F6N2O. The number of benzene rings is 1. The second kappa shape index (κ2) is 5.46. The number of nitriles is 1. The van der Waals surface area contributed by atoms with Crippen LogP contribution in [0.15, 0.2) is 16.9 Å². The Kier molecular flexibility index (Phi) is 3.94. The van der Waals surface area contributed by atoms with Crippen molar-refractivity contribution in [3.8, 4) is 17.2 Å². The van der Waals surface area contributed by atoms with Crippen molar-refractivity contribution in [3.05, 3.63) is 56.8 Å². The molecule has 0 aliphatic rings. The predicted octanol–water partition coefficient (Wildman–Crippen LogP) is 3.66. The molecule has 0 aliphatic heterocycles. The van der Waals surface area contributed by atoms with Crippen molar-refractivity contribution in [1.29, 1.82) is 5.26 Å². The Morgan fingerprint density at radius 1 is 1.13 bits per heavy atom. The number of hydrogen-bond acceptors (Lipinski definition) is 2. The van der Waals surface area contributed by atoms with Crippen LogP contribution in [0, 0.1) is 35.7 Å². The number of alkyl halides is 3. The summed E-state index contributed by atoms with van der Waals surface area (Å²) < 4.78 is 79.7. The summed E-state index contributed by atoms with van der Waals surface area (Å²) >= 11 is 0. The monoisotopic (exact) mass is 332 g/mol. The minimum Gasteiger partial charge on any atom is -0.325 e. The molecule has 23 heavy (non-hydrogen) atoms. The summed E-state index contributed by atoms with van der Waals surface area (Å²) in [5, 5.41) is 8.92. The molecule has 1 aromatic heterocycles. The number of hydrogen-bond donors (Lipinski definition) is 1. The van der Waals surface area contributed by atoms with E-state index in [2.05, 4.69) is 4.98 Å². The molecule has 120 valence electrons. The fourth-order valence-electron chi connectivity index (χ4n) is 2.08. The average Bonchev–Trinajstić information content (AvgIpc) is 2.42. The maximum atomic E-state index is 14.0. The summed E-state index contributed by atoms with van der Waals surface area (Å²) in [6.45, 7) is 1.27. The fourth-order valence-corrected chi connectivity index (χ4v) is 2.08. The number of H-pyrrole nitrogens is 1. The number of aryl methyl sites for hydroxylation is 1. The molecule has 2 aromatic rings. The van der Waals surface area contributed by atoms with Crippen molar-refractivity contribution in [3.63, 3.8) is 0 Å². The third-order valence-electron chi connectivity index (χ3n) is 3.02. The van der Waals surface area contributed by atoms with Gasteiger partial charge in [0.15, 0.2) is 17.5 Å². The molecule has 1 aromatic carbocycles. The van der Waals surface area contributed by atoms with E-state index in [9.17, 15) is 31.1 Å². The van der Waals surface area contributed by atoms with Crippen LogP contribution in [0.25, 0.3) is 11.1 Å². The van der Waals surface area contributed by atoms with Crippen molar-refractivity contribution in [1.82, 2.24) is 4.98 Å². The minimum absolute atomic E-state index is 0.0151. The van der Waals surface area contributed by atoms with Crippen LogP contribution in [0.3, 0.4) is 0 Å². The maximum absolute atomic E-state index is 14.0. The first-order valence-electron chi connectivity index (χ1n) is 5.97. The molecule has 2 rings (SSSR count). The number of aromatic nitrogens is 1. The normalized spacial score (nSPS) is 11.4. The lowest BCUT2D eigenvalue weighted by atomic mass is 9.95. The van der Waals surface area contributed by atoms with E-state index in [1.807, 2.05) is 0 Å². The predicted molar refractivity (Wildman–Crippen MR) is 66.8 cm³/mol. The Morgan fingerprint density at radius 3 is 2.26 bits per heavy atom. The van der Waals surface area contributed by atoms with Gasteiger partial charge in [-0.25, -0.2) is 13.2 Å². The number of pyridine rings is 1. The molecule has 1 heterocycles. The lowest BCUT2D eigenvalue weighted by Gasteiger charge is -2.16. The highest BCUT2D eigenvalue weighted by molar-refractivity contribution is 5.74. The van der Waals surface area contributed by atoms with Crippen LogP contribution in [0.1, 0.15) is 16.8 Å². The Balaban J connectivity index is 3.04. The zero-order valence-electron chi connectivity index (χ0n) is 11.3. The van der Waals surface area contributed by atoms with E-state index < -0.39 is 51.4 Å². The molecule has 0 bridgehead atoms. The molecule has 9 heteroatoms. The van der Waals surface area contributed by atoms with E-state index in [1.165, 1.54) is 13.0 Å². The Labute approximate surface area is 124 Å². The molecule has 0 saturated heterocycles. The number of nitrogens with zero attached hydrogens (tertiary/aromatic N) is 1. The van der Waals surface area contributed by atoms with Gasteiger partial charge >= 0.3 is 6.18 Å². The summed E-state index contributed by atoms with van der Waals surface area (Å²) in [7, 11) is 0. The van der Waals surface area contributed by atoms with Crippen molar-refractivity contribution in [2.45, 2.75) is 13.1 Å². The van der Waals surface area contributed by atoms with Gasteiger partial charge in [0.1, 0.15) is 11.6 Å². The number of nitrogens with one attached hydrogen (secondary N) is 1. The summed E-state index contributed by atoms with van der Waals surface area (Å²) in [4.78, 5) is 13.8. The van der Waals surface area contributed by atoms with Crippen molar-refractivity contribution >= 4 is 0 Å². The van der Waals surface area contributed by atoms with Gasteiger partial charge in [0.05, 0.1) is 5.56 Å². The smallest absolute Gasteiger partial charge is 0.325 e. The summed E-state index contributed by atoms with van der Waals surface area (Å²) in [6, 6.07) is 2.00. The highest BCUT2D eigenvalue weighted by Gasteiger charge is 2.38. The van der Waals surface area contributed by atoms with Crippen LogP contribution in [0.5, 0.6) is 0 Å². The van der Waals surface area contributed by atoms with Crippen LogP contribution in [0.2, 0.25) is 0 Å². The Morgan fingerprint density at radius 2 is 1.74 bits per heavy atom. The van der Waals surface area contributed by atoms with Crippen molar-refractivity contribution < 1.29 is 26.3 Å². The molecule has 0 spiro atoms. The molecule has 0 atom stereocenters. The molecule has 0 aliphatic carbocycles. The number of aromatic amines is 1. The van der Waals surface area contributed by atoms with Crippen molar-refractivity contribution in [2.75, 3.05) is 0 Å². The van der Waals surface area contributed by atoms with E-state index in [0.717, 1.165) is 6.07 Å². The Hall–Kier alpha value is -2.76. The van der Waals surface area contributed by atoms with Crippen LogP contribution >= 0.6 is 0 Å². The summed E-state index contributed by atoms with van der Waals surface area (Å²) in [5.41, 5.74) is -5.87. The summed E-state index contributed by atoms with van der Waals surface area (Å²) in [6.07, 6.45) is -5.23. The van der Waals surface area contributed by atoms with Gasteiger partial charge in [0.25, 0.3) is 5.56 Å². The molecule has 0 amide bonds. The third-order valence-corrected chi connectivity index (χ3v) is 3.02. The topological polar surface area (TPSA) is 56.6 Å². The highest BCUT2D eigenvalue weighted by atomic mass is 19.4. The zero-order valence-corrected chi connectivity index (χ0v) is 11.3. The molecule has 0 saturated carbocycles. The second-order valence-electron chi connectivity index (χ2n) is 4.59. The van der Waals surface area contributed by atoms with E-state index in [4.69, 9.17) is 5.26 Å². The van der Waals surface area contributed by atoms with Crippen LogP contribution in [0.4, 0.5) is 26.3 Å². The van der Waals surface area contributed by atoms with Gasteiger partial charge in [-0.1, -0.05) is 0 Å². The lowest BCUT2D eigenvalue weighted by molar-refractivity contribution is -0.137. The minimum atomic E-state index is -5.23. The molecule has 0 unspecified atom stereocenters. The zero-order chi connectivity index (χ0) is 17.5. The maximum Gasteiger partial charge on any atom is 0.417 e. The van der Waals surface area contributed by atoms with Crippen molar-refractivity contribution in [2.24, 2.45) is 0 Å². The van der Waals surface area contributed by atoms with Crippen LogP contribution in [-0.4, -0.2) is 4.98 Å². The van der Waals surface area contributed by atoms with Gasteiger partial charge < -0.3 is 4.98 Å². The van der Waals surface area contributed by atoms with E-state index in [-0.39, 0.29) is 11.8 Å². The first-order valence-corrected chi connectivity index (χ1v) is 5.97. The SMILES string of the molecule is Cc1cc(-c2c(C(F)(F)F)cc(F)c(F)c2F)c(C#N)c(=O)[nH]1. The first-order chi connectivity index (χ1) is 10.6. The molecule has 1 N–H and O–H groups in total. The average molecular weight is 332 g/mol. The lowest BCUT2D eigenvalue weighted by Crippen LogP contribution is -2.16. The second-order valence-corrected chi connectivity index (χ2v) is 4.59. The van der Waals surface area contributed by atoms with E-state index in [1.54, 1.807) is 0 Å². The van der Waals surface area contributed by atoms with Gasteiger partial charge in [-0.15, -0.1) is 0 Å². The summed E-state index contributed by atoms with van der Waals surface area (Å²) in [5.74, 6) is -6.28. The highest BCUT2D eigenvalue weighted by Crippen LogP contribution is 2.40. The molecule has 0 fully saturated rings.